The van der Waals surface area contributed by atoms with Gasteiger partial charge < -0.3 is 19.0 Å². The van der Waals surface area contributed by atoms with E-state index in [1.54, 1.807) is 11.7 Å². The van der Waals surface area contributed by atoms with Crippen LogP contribution in [-0.2, 0) is 11.3 Å². The van der Waals surface area contributed by atoms with Gasteiger partial charge >= 0.3 is 0 Å². The van der Waals surface area contributed by atoms with E-state index in [1.807, 2.05) is 18.2 Å². The lowest BCUT2D eigenvalue weighted by Crippen LogP contribution is -2.10. The molecule has 0 spiro atoms. The SMILES string of the molecule is COc1cccc2c1[nH]c(=S)n2CCOCC(F)F. The fraction of sp³-hybridized carbons (Fsp3) is 0.417. The number of fused-ring (bicyclic) bond motifs is 1. The number of alkyl halides is 2. The van der Waals surface area contributed by atoms with E-state index >= 15 is 0 Å². The maximum atomic E-state index is 12.0. The lowest BCUT2D eigenvalue weighted by Gasteiger charge is -2.06. The molecule has 1 N–H and O–H groups in total. The molecular formula is C12H14F2N2O2S. The van der Waals surface area contributed by atoms with Crippen LogP contribution >= 0.6 is 12.2 Å². The third-order valence-corrected chi connectivity index (χ3v) is 3.02. The van der Waals surface area contributed by atoms with Gasteiger partial charge in [-0.2, -0.15) is 0 Å². The molecule has 1 aromatic carbocycles. The van der Waals surface area contributed by atoms with Crippen LogP contribution in [0.3, 0.4) is 0 Å². The number of hydrogen-bond donors (Lipinski definition) is 1. The van der Waals surface area contributed by atoms with Gasteiger partial charge in [0, 0.05) is 6.54 Å². The number of aromatic nitrogens is 2. The number of halogens is 2. The lowest BCUT2D eigenvalue weighted by atomic mass is 10.3. The zero-order valence-electron chi connectivity index (χ0n) is 10.4. The van der Waals surface area contributed by atoms with Crippen molar-refractivity contribution in [2.75, 3.05) is 20.3 Å². The predicted octanol–water partition coefficient (Wildman–Crippen LogP) is 2.99. The van der Waals surface area contributed by atoms with Gasteiger partial charge in [-0.25, -0.2) is 8.78 Å². The van der Waals surface area contributed by atoms with Crippen molar-refractivity contribution in [1.82, 2.24) is 9.55 Å². The van der Waals surface area contributed by atoms with Gasteiger partial charge in [0.1, 0.15) is 17.9 Å². The van der Waals surface area contributed by atoms with Crippen molar-refractivity contribution in [1.29, 1.82) is 0 Å². The highest BCUT2D eigenvalue weighted by molar-refractivity contribution is 7.71. The van der Waals surface area contributed by atoms with Gasteiger partial charge in [-0.1, -0.05) is 6.07 Å². The van der Waals surface area contributed by atoms with E-state index in [2.05, 4.69) is 4.98 Å². The van der Waals surface area contributed by atoms with Crippen molar-refractivity contribution in [3.05, 3.63) is 23.0 Å². The van der Waals surface area contributed by atoms with Gasteiger partial charge in [-0.15, -0.1) is 0 Å². The minimum absolute atomic E-state index is 0.183. The fourth-order valence-corrected chi connectivity index (χ4v) is 2.17. The summed E-state index contributed by atoms with van der Waals surface area (Å²) in [5.41, 5.74) is 1.66. The van der Waals surface area contributed by atoms with Gasteiger partial charge in [0.25, 0.3) is 6.43 Å². The Morgan fingerprint density at radius 1 is 1.42 bits per heavy atom. The Balaban J connectivity index is 2.19. The van der Waals surface area contributed by atoms with E-state index in [0.717, 1.165) is 11.0 Å². The van der Waals surface area contributed by atoms with Gasteiger partial charge in [-0.3, -0.25) is 0 Å². The Labute approximate surface area is 113 Å². The third kappa shape index (κ3) is 3.10. The molecule has 19 heavy (non-hydrogen) atoms. The Morgan fingerprint density at radius 2 is 2.21 bits per heavy atom. The van der Waals surface area contributed by atoms with Crippen LogP contribution in [-0.4, -0.2) is 36.3 Å². The number of ether oxygens (including phenoxy) is 2. The molecule has 2 rings (SSSR count). The summed E-state index contributed by atoms with van der Waals surface area (Å²) in [4.78, 5) is 3.05. The smallest absolute Gasteiger partial charge is 0.261 e. The van der Waals surface area contributed by atoms with Crippen molar-refractivity contribution in [3.63, 3.8) is 0 Å². The van der Waals surface area contributed by atoms with Crippen LogP contribution in [0.1, 0.15) is 0 Å². The number of methoxy groups -OCH3 is 1. The molecule has 0 aliphatic heterocycles. The van der Waals surface area contributed by atoms with Crippen molar-refractivity contribution in [2.24, 2.45) is 0 Å². The van der Waals surface area contributed by atoms with Crippen LogP contribution in [0.5, 0.6) is 5.75 Å². The zero-order chi connectivity index (χ0) is 13.8. The molecule has 0 aliphatic carbocycles. The summed E-state index contributed by atoms with van der Waals surface area (Å²) in [5.74, 6) is 0.691. The largest absolute Gasteiger partial charge is 0.494 e. The van der Waals surface area contributed by atoms with Gasteiger partial charge in [-0.05, 0) is 24.4 Å². The van der Waals surface area contributed by atoms with Crippen LogP contribution < -0.4 is 4.74 Å². The van der Waals surface area contributed by atoms with Crippen LogP contribution in [0.15, 0.2) is 18.2 Å². The Hall–Kier alpha value is -1.47. The topological polar surface area (TPSA) is 39.2 Å². The maximum Gasteiger partial charge on any atom is 0.261 e. The number of nitrogens with one attached hydrogen (secondary N) is 1. The summed E-state index contributed by atoms with van der Waals surface area (Å²) in [6.07, 6.45) is -2.45. The second-order valence-corrected chi connectivity index (χ2v) is 4.29. The molecule has 0 amide bonds. The average Bonchev–Trinajstić information content (AvgIpc) is 2.70. The second-order valence-electron chi connectivity index (χ2n) is 3.90. The standard InChI is InChI=1S/C12H14F2N2O2S/c1-17-9-4-2-3-8-11(9)15-12(19)16(8)5-6-18-7-10(13)14/h2-4,10H,5-7H2,1H3,(H,15,19). The molecule has 1 aromatic heterocycles. The summed E-state index contributed by atoms with van der Waals surface area (Å²) in [6.45, 7) is 0.0422. The molecular weight excluding hydrogens is 274 g/mol. The highest BCUT2D eigenvalue weighted by atomic mass is 32.1. The molecule has 0 saturated carbocycles. The number of para-hydroxylation sites is 1. The Bertz CT molecular complexity index is 609. The number of rotatable bonds is 6. The third-order valence-electron chi connectivity index (χ3n) is 2.70. The van der Waals surface area contributed by atoms with Gasteiger partial charge in [0.05, 0.1) is 19.2 Å². The minimum atomic E-state index is -2.45. The highest BCUT2D eigenvalue weighted by Gasteiger charge is 2.09. The first-order valence-electron chi connectivity index (χ1n) is 5.75. The number of nitrogens with zero attached hydrogens (tertiary/aromatic N) is 1. The number of hydrogen-bond acceptors (Lipinski definition) is 3. The summed E-state index contributed by atoms with van der Waals surface area (Å²) < 4.78 is 36.3. The zero-order valence-corrected chi connectivity index (χ0v) is 11.2. The number of H-pyrrole nitrogens is 1. The molecule has 104 valence electrons. The molecule has 0 unspecified atom stereocenters. The molecule has 1 heterocycles. The number of aromatic amines is 1. The van der Waals surface area contributed by atoms with Crippen LogP contribution in [0, 0.1) is 4.77 Å². The summed E-state index contributed by atoms with van der Waals surface area (Å²) >= 11 is 5.21. The normalized spacial score (nSPS) is 11.4. The summed E-state index contributed by atoms with van der Waals surface area (Å²) in [6, 6.07) is 5.56. The second kappa shape index (κ2) is 6.12. The van der Waals surface area contributed by atoms with Crippen LogP contribution in [0.25, 0.3) is 11.0 Å². The quantitative estimate of drug-likeness (QED) is 0.656. The molecule has 4 nitrogen and oxygen atoms in total. The molecule has 2 aromatic rings. The first kappa shape index (κ1) is 14.0. The van der Waals surface area contributed by atoms with E-state index in [0.29, 0.717) is 17.1 Å². The highest BCUT2D eigenvalue weighted by Crippen LogP contribution is 2.24. The van der Waals surface area contributed by atoms with E-state index in [4.69, 9.17) is 21.7 Å². The molecule has 0 atom stereocenters. The Kier molecular flexibility index (Phi) is 4.49. The molecule has 0 fully saturated rings. The maximum absolute atomic E-state index is 12.0. The van der Waals surface area contributed by atoms with Gasteiger partial charge in [0.15, 0.2) is 4.77 Å². The minimum Gasteiger partial charge on any atom is -0.494 e. The first-order valence-corrected chi connectivity index (χ1v) is 6.15. The van der Waals surface area contributed by atoms with E-state index in [-0.39, 0.29) is 6.61 Å². The van der Waals surface area contributed by atoms with Crippen molar-refractivity contribution < 1.29 is 18.3 Å². The van der Waals surface area contributed by atoms with Crippen molar-refractivity contribution >= 4 is 23.3 Å². The molecule has 0 saturated heterocycles. The average molecular weight is 288 g/mol. The van der Waals surface area contributed by atoms with Crippen molar-refractivity contribution in [2.45, 2.75) is 13.0 Å². The van der Waals surface area contributed by atoms with Crippen molar-refractivity contribution in [3.8, 4) is 5.75 Å². The first-order chi connectivity index (χ1) is 9.13. The van der Waals surface area contributed by atoms with Crippen LogP contribution in [0.2, 0.25) is 0 Å². The lowest BCUT2D eigenvalue weighted by molar-refractivity contribution is 0.0149. The van der Waals surface area contributed by atoms with E-state index in [9.17, 15) is 8.78 Å². The van der Waals surface area contributed by atoms with E-state index in [1.165, 1.54) is 0 Å². The molecule has 7 heteroatoms. The molecule has 0 radical (unpaired) electrons. The summed E-state index contributed by atoms with van der Waals surface area (Å²) in [5, 5.41) is 0. The van der Waals surface area contributed by atoms with E-state index < -0.39 is 13.0 Å². The summed E-state index contributed by atoms with van der Waals surface area (Å²) in [7, 11) is 1.58. The van der Waals surface area contributed by atoms with Gasteiger partial charge in [0.2, 0.25) is 0 Å². The number of benzene rings is 1. The Morgan fingerprint density at radius 3 is 2.89 bits per heavy atom. The predicted molar refractivity (Wildman–Crippen MR) is 70.5 cm³/mol. The number of imidazole rings is 1. The van der Waals surface area contributed by atoms with Crippen LogP contribution in [0.4, 0.5) is 8.78 Å². The molecule has 0 bridgehead atoms. The fourth-order valence-electron chi connectivity index (χ4n) is 1.87. The molecule has 0 aliphatic rings. The monoisotopic (exact) mass is 288 g/mol.